The minimum absolute atomic E-state index is 0.118. The van der Waals surface area contributed by atoms with Crippen LogP contribution in [0.2, 0.25) is 0 Å². The van der Waals surface area contributed by atoms with Gasteiger partial charge >= 0.3 is 0 Å². The Morgan fingerprint density at radius 1 is 1.11 bits per heavy atom. The van der Waals surface area contributed by atoms with Crippen LogP contribution in [0.15, 0.2) is 47.4 Å². The number of hydrogen-bond acceptors (Lipinski definition) is 3. The van der Waals surface area contributed by atoms with Crippen molar-refractivity contribution in [1.29, 1.82) is 0 Å². The lowest BCUT2D eigenvalue weighted by molar-refractivity contribution is -0.108. The first-order chi connectivity index (χ1) is 8.69. The van der Waals surface area contributed by atoms with E-state index in [0.29, 0.717) is 6.42 Å². The van der Waals surface area contributed by atoms with Crippen molar-refractivity contribution in [1.82, 2.24) is 4.98 Å². The number of benzene rings is 1. The van der Waals surface area contributed by atoms with Crippen molar-refractivity contribution in [2.75, 3.05) is 0 Å². The SMILES string of the molecule is NC(C=O)Cc1ccc(-c2ccc(=O)[nH]c2)cc1. The van der Waals surface area contributed by atoms with Gasteiger partial charge in [-0.25, -0.2) is 0 Å². The third-order valence-corrected chi connectivity index (χ3v) is 2.72. The monoisotopic (exact) mass is 242 g/mol. The number of rotatable bonds is 4. The first kappa shape index (κ1) is 12.3. The van der Waals surface area contributed by atoms with Gasteiger partial charge in [-0.05, 0) is 29.2 Å². The van der Waals surface area contributed by atoms with Crippen LogP contribution >= 0.6 is 0 Å². The van der Waals surface area contributed by atoms with E-state index in [0.717, 1.165) is 23.0 Å². The van der Waals surface area contributed by atoms with Crippen molar-refractivity contribution < 1.29 is 4.79 Å². The molecule has 0 saturated heterocycles. The van der Waals surface area contributed by atoms with Crippen LogP contribution in [0.3, 0.4) is 0 Å². The summed E-state index contributed by atoms with van der Waals surface area (Å²) in [7, 11) is 0. The standard InChI is InChI=1S/C14H14N2O2/c15-13(9-17)7-10-1-3-11(4-2-10)12-5-6-14(18)16-8-12/h1-6,8-9,13H,7,15H2,(H,16,18). The summed E-state index contributed by atoms with van der Waals surface area (Å²) in [6.07, 6.45) is 2.96. The predicted molar refractivity (Wildman–Crippen MR) is 70.2 cm³/mol. The summed E-state index contributed by atoms with van der Waals surface area (Å²) in [5, 5.41) is 0. The smallest absolute Gasteiger partial charge is 0.247 e. The number of pyridine rings is 1. The number of hydrogen-bond donors (Lipinski definition) is 2. The molecular weight excluding hydrogens is 228 g/mol. The number of H-pyrrole nitrogens is 1. The van der Waals surface area contributed by atoms with Crippen LogP contribution < -0.4 is 11.3 Å². The zero-order chi connectivity index (χ0) is 13.0. The largest absolute Gasteiger partial charge is 0.328 e. The Morgan fingerprint density at radius 2 is 1.78 bits per heavy atom. The van der Waals surface area contributed by atoms with Gasteiger partial charge in [-0.3, -0.25) is 4.79 Å². The molecule has 0 bridgehead atoms. The maximum Gasteiger partial charge on any atom is 0.247 e. The topological polar surface area (TPSA) is 76.0 Å². The highest BCUT2D eigenvalue weighted by atomic mass is 16.1. The van der Waals surface area contributed by atoms with Crippen molar-refractivity contribution in [3.8, 4) is 11.1 Å². The fraction of sp³-hybridized carbons (Fsp3) is 0.143. The van der Waals surface area contributed by atoms with E-state index in [1.54, 1.807) is 12.3 Å². The first-order valence-corrected chi connectivity index (χ1v) is 5.68. The van der Waals surface area contributed by atoms with Crippen molar-refractivity contribution >= 4 is 6.29 Å². The van der Waals surface area contributed by atoms with Crippen LogP contribution in [0.4, 0.5) is 0 Å². The van der Waals surface area contributed by atoms with E-state index < -0.39 is 6.04 Å². The van der Waals surface area contributed by atoms with Crippen LogP contribution in [-0.4, -0.2) is 17.3 Å². The van der Waals surface area contributed by atoms with E-state index >= 15 is 0 Å². The lowest BCUT2D eigenvalue weighted by atomic mass is 10.0. The normalized spacial score (nSPS) is 12.1. The molecule has 1 atom stereocenters. The Kier molecular flexibility index (Phi) is 3.69. The summed E-state index contributed by atoms with van der Waals surface area (Å²) in [5.41, 5.74) is 8.42. The molecule has 0 aliphatic rings. The van der Waals surface area contributed by atoms with Gasteiger partial charge < -0.3 is 15.5 Å². The van der Waals surface area contributed by atoms with Gasteiger partial charge in [0.2, 0.25) is 5.56 Å². The van der Waals surface area contributed by atoms with Gasteiger partial charge in [0.25, 0.3) is 0 Å². The van der Waals surface area contributed by atoms with Gasteiger partial charge in [0, 0.05) is 12.3 Å². The van der Waals surface area contributed by atoms with Crippen LogP contribution in [-0.2, 0) is 11.2 Å². The molecule has 18 heavy (non-hydrogen) atoms. The second kappa shape index (κ2) is 5.42. The summed E-state index contributed by atoms with van der Waals surface area (Å²) in [6, 6.07) is 10.6. The Morgan fingerprint density at radius 3 is 2.33 bits per heavy atom. The lowest BCUT2D eigenvalue weighted by Crippen LogP contribution is -2.23. The van der Waals surface area contributed by atoms with Gasteiger partial charge in [0.05, 0.1) is 6.04 Å². The number of carbonyl (C=O) groups excluding carboxylic acids is 1. The molecule has 0 aliphatic carbocycles. The summed E-state index contributed by atoms with van der Waals surface area (Å²) >= 11 is 0. The van der Waals surface area contributed by atoms with Gasteiger partial charge in [0.15, 0.2) is 0 Å². The molecule has 2 aromatic rings. The third-order valence-electron chi connectivity index (χ3n) is 2.72. The Labute approximate surface area is 104 Å². The Balaban J connectivity index is 2.19. The second-order valence-corrected chi connectivity index (χ2v) is 4.14. The minimum atomic E-state index is -0.455. The van der Waals surface area contributed by atoms with Crippen molar-refractivity contribution in [2.24, 2.45) is 5.73 Å². The molecule has 4 heteroatoms. The number of aromatic nitrogens is 1. The highest BCUT2D eigenvalue weighted by Crippen LogP contribution is 2.18. The molecular formula is C14H14N2O2. The molecule has 2 rings (SSSR count). The lowest BCUT2D eigenvalue weighted by Gasteiger charge is -2.06. The molecule has 1 aromatic heterocycles. The zero-order valence-corrected chi connectivity index (χ0v) is 9.80. The van der Waals surface area contributed by atoms with E-state index in [-0.39, 0.29) is 5.56 Å². The highest BCUT2D eigenvalue weighted by Gasteiger charge is 2.03. The molecule has 1 heterocycles. The minimum Gasteiger partial charge on any atom is -0.328 e. The Bertz CT molecular complexity index is 567. The average Bonchev–Trinajstić information content (AvgIpc) is 2.40. The van der Waals surface area contributed by atoms with Gasteiger partial charge in [-0.2, -0.15) is 0 Å². The highest BCUT2D eigenvalue weighted by molar-refractivity contribution is 5.63. The first-order valence-electron chi connectivity index (χ1n) is 5.68. The van der Waals surface area contributed by atoms with Crippen molar-refractivity contribution in [2.45, 2.75) is 12.5 Å². The second-order valence-electron chi connectivity index (χ2n) is 4.14. The molecule has 4 nitrogen and oxygen atoms in total. The molecule has 92 valence electrons. The number of aldehydes is 1. The molecule has 0 fully saturated rings. The maximum absolute atomic E-state index is 11.0. The van der Waals surface area contributed by atoms with E-state index in [9.17, 15) is 9.59 Å². The fourth-order valence-corrected chi connectivity index (χ4v) is 1.74. The van der Waals surface area contributed by atoms with E-state index in [4.69, 9.17) is 5.73 Å². The van der Waals surface area contributed by atoms with Crippen molar-refractivity contribution in [3.63, 3.8) is 0 Å². The molecule has 3 N–H and O–H groups in total. The molecule has 1 aromatic carbocycles. The molecule has 0 aliphatic heterocycles. The molecule has 0 saturated carbocycles. The summed E-state index contributed by atoms with van der Waals surface area (Å²) in [5.74, 6) is 0. The van der Waals surface area contributed by atoms with E-state index in [1.165, 1.54) is 6.07 Å². The number of aromatic amines is 1. The third kappa shape index (κ3) is 2.93. The maximum atomic E-state index is 11.0. The summed E-state index contributed by atoms with van der Waals surface area (Å²) in [4.78, 5) is 24.1. The van der Waals surface area contributed by atoms with Crippen molar-refractivity contribution in [3.05, 3.63) is 58.5 Å². The van der Waals surface area contributed by atoms with E-state index in [2.05, 4.69) is 4.98 Å². The zero-order valence-electron chi connectivity index (χ0n) is 9.80. The average molecular weight is 242 g/mol. The molecule has 0 amide bonds. The number of nitrogens with one attached hydrogen (secondary N) is 1. The number of carbonyl (C=O) groups is 1. The van der Waals surface area contributed by atoms with E-state index in [1.807, 2.05) is 24.3 Å². The molecule has 1 unspecified atom stereocenters. The van der Waals surface area contributed by atoms with Gasteiger partial charge in [-0.15, -0.1) is 0 Å². The van der Waals surface area contributed by atoms with Crippen LogP contribution in [0.1, 0.15) is 5.56 Å². The predicted octanol–water partition coefficient (Wildman–Crippen LogP) is 1.11. The molecule has 0 spiro atoms. The van der Waals surface area contributed by atoms with Crippen LogP contribution in [0.5, 0.6) is 0 Å². The van der Waals surface area contributed by atoms with Crippen LogP contribution in [0.25, 0.3) is 11.1 Å². The quantitative estimate of drug-likeness (QED) is 0.788. The van der Waals surface area contributed by atoms with Gasteiger partial charge in [-0.1, -0.05) is 24.3 Å². The summed E-state index contributed by atoms with van der Waals surface area (Å²) < 4.78 is 0. The Hall–Kier alpha value is -2.20. The number of nitrogens with two attached hydrogens (primary N) is 1. The van der Waals surface area contributed by atoms with Crippen LogP contribution in [0, 0.1) is 0 Å². The summed E-state index contributed by atoms with van der Waals surface area (Å²) in [6.45, 7) is 0. The fourth-order valence-electron chi connectivity index (χ4n) is 1.74. The van der Waals surface area contributed by atoms with Gasteiger partial charge in [0.1, 0.15) is 6.29 Å². The molecule has 0 radical (unpaired) electrons.